The van der Waals surface area contributed by atoms with Crippen LogP contribution in [0.5, 0.6) is 0 Å². The maximum Gasteiger partial charge on any atom is 0.0177 e. The van der Waals surface area contributed by atoms with Crippen LogP contribution in [0.25, 0.3) is 0 Å². The summed E-state index contributed by atoms with van der Waals surface area (Å²) in [5.74, 6) is 0.593. The Hall–Kier alpha value is -0.820. The lowest BCUT2D eigenvalue weighted by Gasteiger charge is -1.99. The van der Waals surface area contributed by atoms with E-state index in [2.05, 4.69) is 37.3 Å². The van der Waals surface area contributed by atoms with Crippen LogP contribution in [0.4, 0.5) is 0 Å². The Labute approximate surface area is 68.3 Å². The highest BCUT2D eigenvalue weighted by molar-refractivity contribution is 5.29. The third-order valence-corrected chi connectivity index (χ3v) is 1.93. The van der Waals surface area contributed by atoms with Gasteiger partial charge in [0.1, 0.15) is 0 Å². The van der Waals surface area contributed by atoms with Gasteiger partial charge in [-0.25, -0.2) is 0 Å². The highest BCUT2D eigenvalue weighted by Gasteiger charge is 1.98. The Kier molecular flexibility index (Phi) is 3.12. The molecule has 0 saturated carbocycles. The van der Waals surface area contributed by atoms with Crippen LogP contribution in [0.2, 0.25) is 0 Å². The zero-order chi connectivity index (χ0) is 8.10. The zero-order valence-corrected chi connectivity index (χ0v) is 6.96. The molecule has 0 radical (unpaired) electrons. The minimum atomic E-state index is 0.593. The van der Waals surface area contributed by atoms with E-state index >= 15 is 0 Å². The molecule has 0 bridgehead atoms. The third kappa shape index (κ3) is 2.35. The van der Waals surface area contributed by atoms with Crippen LogP contribution < -0.4 is 5.73 Å². The Bertz CT molecular complexity index is 199. The summed E-state index contributed by atoms with van der Waals surface area (Å²) in [7, 11) is 0. The number of nitrogens with two attached hydrogens (primary N) is 1. The molecule has 1 atom stereocenters. The van der Waals surface area contributed by atoms with Gasteiger partial charge in [0.05, 0.1) is 0 Å². The predicted octanol–water partition coefficient (Wildman–Crippen LogP) is 2.02. The number of rotatable bonds is 2. The van der Waals surface area contributed by atoms with E-state index in [4.69, 9.17) is 5.73 Å². The van der Waals surface area contributed by atoms with Gasteiger partial charge < -0.3 is 5.73 Å². The number of hydrogen-bond acceptors (Lipinski definition) is 1. The van der Waals surface area contributed by atoms with Crippen molar-refractivity contribution in [3.63, 3.8) is 0 Å². The summed E-state index contributed by atoms with van der Waals surface area (Å²) < 4.78 is 0. The van der Waals surface area contributed by atoms with Crippen molar-refractivity contribution >= 4 is 0 Å². The van der Waals surface area contributed by atoms with Crippen molar-refractivity contribution in [2.24, 2.45) is 11.7 Å². The Morgan fingerprint density at radius 3 is 2.91 bits per heavy atom. The largest absolute Gasteiger partial charge is 0.326 e. The molecule has 0 aromatic heterocycles. The fourth-order valence-electron chi connectivity index (χ4n) is 1.10. The fraction of sp³-hybridized carbons (Fsp3) is 0.400. The number of allylic oxidation sites excluding steroid dienone is 4. The summed E-state index contributed by atoms with van der Waals surface area (Å²) in [6.07, 6.45) is 11.9. The first kappa shape index (κ1) is 8.28. The average Bonchev–Trinajstić information content (AvgIpc) is 2.28. The van der Waals surface area contributed by atoms with E-state index in [9.17, 15) is 0 Å². The SMILES string of the molecule is CCC1C=CC=C(CN)C=C1. The van der Waals surface area contributed by atoms with E-state index in [0.29, 0.717) is 12.5 Å². The summed E-state index contributed by atoms with van der Waals surface area (Å²) in [6.45, 7) is 2.82. The summed E-state index contributed by atoms with van der Waals surface area (Å²) >= 11 is 0. The van der Waals surface area contributed by atoms with Gasteiger partial charge in [-0.3, -0.25) is 0 Å². The molecule has 0 amide bonds. The molecule has 0 aliphatic heterocycles. The van der Waals surface area contributed by atoms with Crippen LogP contribution >= 0.6 is 0 Å². The zero-order valence-electron chi connectivity index (χ0n) is 6.96. The molecule has 1 aliphatic rings. The first-order valence-corrected chi connectivity index (χ1v) is 4.12. The molecule has 0 spiro atoms. The fourth-order valence-corrected chi connectivity index (χ4v) is 1.10. The third-order valence-electron chi connectivity index (χ3n) is 1.93. The van der Waals surface area contributed by atoms with Crippen molar-refractivity contribution in [3.8, 4) is 0 Å². The second kappa shape index (κ2) is 4.14. The maximum atomic E-state index is 5.51. The van der Waals surface area contributed by atoms with Gasteiger partial charge in [0.2, 0.25) is 0 Å². The lowest BCUT2D eigenvalue weighted by Crippen LogP contribution is -2.00. The topological polar surface area (TPSA) is 26.0 Å². The molecule has 1 aliphatic carbocycles. The van der Waals surface area contributed by atoms with E-state index in [1.165, 1.54) is 12.0 Å². The van der Waals surface area contributed by atoms with Crippen molar-refractivity contribution < 1.29 is 0 Å². The molecule has 0 aromatic carbocycles. The van der Waals surface area contributed by atoms with Gasteiger partial charge in [0.25, 0.3) is 0 Å². The smallest absolute Gasteiger partial charge is 0.0177 e. The van der Waals surface area contributed by atoms with Crippen LogP contribution in [0.1, 0.15) is 13.3 Å². The lowest BCUT2D eigenvalue weighted by atomic mass is 10.1. The maximum absolute atomic E-state index is 5.51. The van der Waals surface area contributed by atoms with Crippen LogP contribution in [-0.2, 0) is 0 Å². The second-order valence-electron chi connectivity index (χ2n) is 2.76. The summed E-state index contributed by atoms with van der Waals surface area (Å²) in [6, 6.07) is 0. The normalized spacial score (nSPS) is 23.1. The van der Waals surface area contributed by atoms with Gasteiger partial charge in [-0.05, 0) is 17.9 Å². The van der Waals surface area contributed by atoms with Gasteiger partial charge in [0, 0.05) is 6.54 Å². The van der Waals surface area contributed by atoms with E-state index in [1.807, 2.05) is 0 Å². The van der Waals surface area contributed by atoms with E-state index in [0.717, 1.165) is 0 Å². The van der Waals surface area contributed by atoms with Crippen LogP contribution in [0, 0.1) is 5.92 Å². The van der Waals surface area contributed by atoms with Crippen LogP contribution in [0.3, 0.4) is 0 Å². The Balaban J connectivity index is 2.66. The van der Waals surface area contributed by atoms with E-state index < -0.39 is 0 Å². The molecule has 0 fully saturated rings. The molecule has 11 heavy (non-hydrogen) atoms. The highest BCUT2D eigenvalue weighted by atomic mass is 14.5. The molecule has 0 saturated heterocycles. The molecular formula is C10H15N. The first-order valence-electron chi connectivity index (χ1n) is 4.12. The summed E-state index contributed by atoms with van der Waals surface area (Å²) in [5.41, 5.74) is 6.71. The monoisotopic (exact) mass is 149 g/mol. The quantitative estimate of drug-likeness (QED) is 0.638. The van der Waals surface area contributed by atoms with Crippen LogP contribution in [-0.4, -0.2) is 6.54 Å². The summed E-state index contributed by atoms with van der Waals surface area (Å²) in [4.78, 5) is 0. The van der Waals surface area contributed by atoms with Crippen molar-refractivity contribution in [1.82, 2.24) is 0 Å². The van der Waals surface area contributed by atoms with Gasteiger partial charge in [-0.1, -0.05) is 37.3 Å². The van der Waals surface area contributed by atoms with Gasteiger partial charge in [0.15, 0.2) is 0 Å². The van der Waals surface area contributed by atoms with Crippen molar-refractivity contribution in [1.29, 1.82) is 0 Å². The minimum absolute atomic E-state index is 0.593. The molecule has 2 N–H and O–H groups in total. The number of hydrogen-bond donors (Lipinski definition) is 1. The van der Waals surface area contributed by atoms with Crippen LogP contribution in [0.15, 0.2) is 36.0 Å². The van der Waals surface area contributed by atoms with E-state index in [-0.39, 0.29) is 0 Å². The van der Waals surface area contributed by atoms with Gasteiger partial charge in [-0.15, -0.1) is 0 Å². The minimum Gasteiger partial charge on any atom is -0.326 e. The Morgan fingerprint density at radius 1 is 1.45 bits per heavy atom. The average molecular weight is 149 g/mol. The highest BCUT2D eigenvalue weighted by Crippen LogP contribution is 2.12. The summed E-state index contributed by atoms with van der Waals surface area (Å²) in [5, 5.41) is 0. The Morgan fingerprint density at radius 2 is 2.27 bits per heavy atom. The van der Waals surface area contributed by atoms with Crippen molar-refractivity contribution in [3.05, 3.63) is 36.0 Å². The van der Waals surface area contributed by atoms with Gasteiger partial charge >= 0.3 is 0 Å². The molecule has 0 aromatic rings. The predicted molar refractivity (Wildman–Crippen MR) is 49.2 cm³/mol. The molecule has 0 heterocycles. The van der Waals surface area contributed by atoms with E-state index in [1.54, 1.807) is 0 Å². The van der Waals surface area contributed by atoms with Gasteiger partial charge in [-0.2, -0.15) is 0 Å². The second-order valence-corrected chi connectivity index (χ2v) is 2.76. The van der Waals surface area contributed by atoms with Crippen molar-refractivity contribution in [2.45, 2.75) is 13.3 Å². The first-order chi connectivity index (χ1) is 5.36. The molecule has 1 rings (SSSR count). The molecular weight excluding hydrogens is 134 g/mol. The lowest BCUT2D eigenvalue weighted by molar-refractivity contribution is 0.775. The molecule has 1 heteroatoms. The molecule has 1 unspecified atom stereocenters. The molecule has 60 valence electrons. The molecule has 1 nitrogen and oxygen atoms in total. The van der Waals surface area contributed by atoms with Crippen molar-refractivity contribution in [2.75, 3.05) is 6.54 Å². The standard InChI is InChI=1S/C10H15N/c1-2-9-4-3-5-10(8-11)7-6-9/h3-7,9H,2,8,11H2,1H3.